The Kier molecular flexibility index (Phi) is 5.59. The third kappa shape index (κ3) is 4.53. The molecule has 0 unspecified atom stereocenters. The number of aryl methyl sites for hydroxylation is 1. The summed E-state index contributed by atoms with van der Waals surface area (Å²) in [5.41, 5.74) is 3.68. The molecule has 25 heavy (non-hydrogen) atoms. The van der Waals surface area contributed by atoms with Gasteiger partial charge in [-0.05, 0) is 43.0 Å². The summed E-state index contributed by atoms with van der Waals surface area (Å²) in [4.78, 5) is 16.6. The Labute approximate surface area is 150 Å². The van der Waals surface area contributed by atoms with Crippen molar-refractivity contribution in [2.24, 2.45) is 0 Å². The zero-order valence-electron chi connectivity index (χ0n) is 15.1. The highest BCUT2D eigenvalue weighted by molar-refractivity contribution is 5.74. The molecule has 0 bridgehead atoms. The van der Waals surface area contributed by atoms with Gasteiger partial charge in [-0.15, -0.1) is 0 Å². The molecule has 2 aromatic rings. The summed E-state index contributed by atoms with van der Waals surface area (Å²) in [6.07, 6.45) is 1.97. The second-order valence-corrected chi connectivity index (χ2v) is 6.83. The van der Waals surface area contributed by atoms with Gasteiger partial charge in [0, 0.05) is 38.4 Å². The molecule has 1 aliphatic heterocycles. The molecule has 0 saturated carbocycles. The third-order valence-electron chi connectivity index (χ3n) is 4.96. The summed E-state index contributed by atoms with van der Waals surface area (Å²) < 4.78 is 0. The first-order valence-electron chi connectivity index (χ1n) is 8.99. The smallest absolute Gasteiger partial charge is 0.317 e. The van der Waals surface area contributed by atoms with Crippen molar-refractivity contribution in [3.63, 3.8) is 0 Å². The molecular weight excluding hydrogens is 310 g/mol. The van der Waals surface area contributed by atoms with Gasteiger partial charge in [0.25, 0.3) is 0 Å². The van der Waals surface area contributed by atoms with E-state index in [0.29, 0.717) is 6.54 Å². The van der Waals surface area contributed by atoms with E-state index in [0.717, 1.165) is 25.9 Å². The van der Waals surface area contributed by atoms with Crippen LogP contribution in [0.3, 0.4) is 0 Å². The van der Waals surface area contributed by atoms with Crippen molar-refractivity contribution < 1.29 is 4.79 Å². The van der Waals surface area contributed by atoms with Gasteiger partial charge in [-0.25, -0.2) is 4.79 Å². The summed E-state index contributed by atoms with van der Waals surface area (Å²) in [6, 6.07) is 19.0. The molecule has 0 atom stereocenters. The Balaban J connectivity index is 1.48. The van der Waals surface area contributed by atoms with Crippen LogP contribution in [0.4, 0.5) is 10.5 Å². The molecule has 4 nitrogen and oxygen atoms in total. The van der Waals surface area contributed by atoms with Crippen molar-refractivity contribution in [1.29, 1.82) is 0 Å². The number of rotatable bonds is 4. The number of carbonyl (C=O) groups excluding carboxylic acids is 1. The molecule has 0 radical (unpaired) electrons. The van der Waals surface area contributed by atoms with Crippen molar-refractivity contribution in [3.8, 4) is 0 Å². The highest BCUT2D eigenvalue weighted by atomic mass is 16.2. The number of nitrogens with one attached hydrogen (secondary N) is 1. The number of piperidine rings is 1. The largest absolute Gasteiger partial charge is 0.371 e. The lowest BCUT2D eigenvalue weighted by molar-refractivity contribution is 0.200. The van der Waals surface area contributed by atoms with Gasteiger partial charge in [0.2, 0.25) is 0 Å². The normalized spacial score (nSPS) is 15.0. The first-order valence-corrected chi connectivity index (χ1v) is 8.99. The molecule has 132 valence electrons. The van der Waals surface area contributed by atoms with Crippen LogP contribution in [-0.4, -0.2) is 37.1 Å². The van der Waals surface area contributed by atoms with Crippen molar-refractivity contribution >= 4 is 11.7 Å². The van der Waals surface area contributed by atoms with Gasteiger partial charge in [0.05, 0.1) is 0 Å². The zero-order chi connectivity index (χ0) is 17.6. The van der Waals surface area contributed by atoms with Crippen molar-refractivity contribution in [2.75, 3.05) is 25.0 Å². The van der Waals surface area contributed by atoms with Gasteiger partial charge in [0.15, 0.2) is 0 Å². The van der Waals surface area contributed by atoms with E-state index >= 15 is 0 Å². The minimum atomic E-state index is 0.0152. The number of amides is 2. The maximum atomic E-state index is 12.5. The van der Waals surface area contributed by atoms with E-state index in [4.69, 9.17) is 0 Å². The van der Waals surface area contributed by atoms with Gasteiger partial charge in [-0.3, -0.25) is 0 Å². The van der Waals surface area contributed by atoms with E-state index in [1.807, 2.05) is 25.2 Å². The lowest BCUT2D eigenvalue weighted by Gasteiger charge is -2.34. The average Bonchev–Trinajstić information content (AvgIpc) is 2.65. The van der Waals surface area contributed by atoms with Crippen molar-refractivity contribution in [3.05, 3.63) is 65.7 Å². The van der Waals surface area contributed by atoms with Crippen molar-refractivity contribution in [2.45, 2.75) is 32.4 Å². The lowest BCUT2D eigenvalue weighted by Crippen LogP contribution is -2.48. The standard InChI is InChI=1S/C21H27N3O/c1-17-8-6-7-9-18(17)16-23(2)21(25)22-19-12-14-24(15-13-19)20-10-4-3-5-11-20/h3-11,19H,12-16H2,1-2H3,(H,22,25). The fourth-order valence-electron chi connectivity index (χ4n) is 3.32. The Morgan fingerprint density at radius 3 is 2.40 bits per heavy atom. The highest BCUT2D eigenvalue weighted by Gasteiger charge is 2.22. The van der Waals surface area contributed by atoms with E-state index in [-0.39, 0.29) is 12.1 Å². The first-order chi connectivity index (χ1) is 12.1. The number of anilines is 1. The molecular formula is C21H27N3O. The topological polar surface area (TPSA) is 35.6 Å². The second-order valence-electron chi connectivity index (χ2n) is 6.83. The van der Waals surface area contributed by atoms with E-state index in [1.54, 1.807) is 4.90 Å². The summed E-state index contributed by atoms with van der Waals surface area (Å²) >= 11 is 0. The molecule has 0 aromatic heterocycles. The molecule has 0 spiro atoms. The molecule has 1 N–H and O–H groups in total. The number of carbonyl (C=O) groups is 1. The van der Waals surface area contributed by atoms with Crippen LogP contribution in [0.5, 0.6) is 0 Å². The maximum absolute atomic E-state index is 12.5. The van der Waals surface area contributed by atoms with E-state index < -0.39 is 0 Å². The summed E-state index contributed by atoms with van der Waals surface area (Å²) in [6.45, 7) is 4.69. The quantitative estimate of drug-likeness (QED) is 0.921. The Morgan fingerprint density at radius 2 is 1.72 bits per heavy atom. The van der Waals surface area contributed by atoms with E-state index in [9.17, 15) is 4.79 Å². The predicted octanol–water partition coefficient (Wildman–Crippen LogP) is 3.81. The van der Waals surface area contributed by atoms with Gasteiger partial charge >= 0.3 is 6.03 Å². The Morgan fingerprint density at radius 1 is 1.08 bits per heavy atom. The first kappa shape index (κ1) is 17.3. The van der Waals surface area contributed by atoms with Crippen LogP contribution in [0.25, 0.3) is 0 Å². The minimum absolute atomic E-state index is 0.0152. The number of hydrogen-bond acceptors (Lipinski definition) is 2. The fourth-order valence-corrected chi connectivity index (χ4v) is 3.32. The molecule has 4 heteroatoms. The molecule has 0 aliphatic carbocycles. The van der Waals surface area contributed by atoms with Crippen LogP contribution in [0.2, 0.25) is 0 Å². The molecule has 2 aromatic carbocycles. The average molecular weight is 337 g/mol. The van der Waals surface area contributed by atoms with E-state index in [2.05, 4.69) is 53.5 Å². The third-order valence-corrected chi connectivity index (χ3v) is 4.96. The molecule has 1 heterocycles. The minimum Gasteiger partial charge on any atom is -0.371 e. The fraction of sp³-hybridized carbons (Fsp3) is 0.381. The zero-order valence-corrected chi connectivity index (χ0v) is 15.1. The lowest BCUT2D eigenvalue weighted by atomic mass is 10.0. The SMILES string of the molecule is Cc1ccccc1CN(C)C(=O)NC1CCN(c2ccccc2)CC1. The van der Waals surface area contributed by atoms with Gasteiger partial charge < -0.3 is 15.1 Å². The number of nitrogens with zero attached hydrogens (tertiary/aromatic N) is 2. The van der Waals surface area contributed by atoms with Gasteiger partial charge in [0.1, 0.15) is 0 Å². The summed E-state index contributed by atoms with van der Waals surface area (Å²) in [5.74, 6) is 0. The highest BCUT2D eigenvalue weighted by Crippen LogP contribution is 2.19. The molecule has 1 saturated heterocycles. The molecule has 1 fully saturated rings. The number of urea groups is 1. The van der Waals surface area contributed by atoms with Gasteiger partial charge in [-0.1, -0.05) is 42.5 Å². The second kappa shape index (κ2) is 8.06. The monoisotopic (exact) mass is 337 g/mol. The van der Waals surface area contributed by atoms with Gasteiger partial charge in [-0.2, -0.15) is 0 Å². The Hall–Kier alpha value is -2.49. The van der Waals surface area contributed by atoms with Crippen LogP contribution >= 0.6 is 0 Å². The predicted molar refractivity (Wildman–Crippen MR) is 103 cm³/mol. The number of benzene rings is 2. The van der Waals surface area contributed by atoms with Crippen LogP contribution in [-0.2, 0) is 6.54 Å². The number of para-hydroxylation sites is 1. The van der Waals surface area contributed by atoms with Crippen LogP contribution in [0.1, 0.15) is 24.0 Å². The molecule has 1 aliphatic rings. The van der Waals surface area contributed by atoms with Crippen molar-refractivity contribution in [1.82, 2.24) is 10.2 Å². The maximum Gasteiger partial charge on any atom is 0.317 e. The number of hydrogen-bond donors (Lipinski definition) is 1. The summed E-state index contributed by atoms with van der Waals surface area (Å²) in [5, 5.41) is 3.19. The van der Waals surface area contributed by atoms with Crippen LogP contribution < -0.4 is 10.2 Å². The Bertz CT molecular complexity index is 693. The van der Waals surface area contributed by atoms with E-state index in [1.165, 1.54) is 16.8 Å². The van der Waals surface area contributed by atoms with Crippen LogP contribution in [0, 0.1) is 6.92 Å². The summed E-state index contributed by atoms with van der Waals surface area (Å²) in [7, 11) is 1.86. The molecule has 2 amide bonds. The van der Waals surface area contributed by atoms with Crippen LogP contribution in [0.15, 0.2) is 54.6 Å². The molecule has 3 rings (SSSR count).